The van der Waals surface area contributed by atoms with E-state index in [0.29, 0.717) is 31.6 Å². The molecular weight excluding hydrogens is 1260 g/mol. The summed E-state index contributed by atoms with van der Waals surface area (Å²) in [5.74, 6) is 0.952. The second-order valence-corrected chi connectivity index (χ2v) is 32.3. The topological polar surface area (TPSA) is 237 Å². The van der Waals surface area contributed by atoms with Crippen molar-refractivity contribution in [2.45, 2.75) is 408 Å². The molecule has 0 fully saturated rings. The van der Waals surface area contributed by atoms with Crippen LogP contribution in [-0.2, 0) is 65.4 Å². The molecule has 6 atom stereocenters. The zero-order valence-electron chi connectivity index (χ0n) is 63.0. The van der Waals surface area contributed by atoms with Crippen molar-refractivity contribution >= 4 is 39.5 Å². The molecule has 3 N–H and O–H groups in total. The molecule has 0 saturated heterocycles. The van der Waals surface area contributed by atoms with E-state index in [4.69, 9.17) is 37.0 Å². The highest BCUT2D eigenvalue weighted by atomic mass is 31.2. The minimum Gasteiger partial charge on any atom is -0.462 e. The third kappa shape index (κ3) is 69.2. The monoisotopic (exact) mass is 1410 g/mol. The van der Waals surface area contributed by atoms with Crippen LogP contribution in [0.4, 0.5) is 0 Å². The summed E-state index contributed by atoms with van der Waals surface area (Å²) in [5.41, 5.74) is 0. The number of aliphatic hydroxyl groups excluding tert-OH is 1. The predicted octanol–water partition coefficient (Wildman–Crippen LogP) is 22.4. The van der Waals surface area contributed by atoms with E-state index >= 15 is 0 Å². The maximum atomic E-state index is 13.1. The van der Waals surface area contributed by atoms with Gasteiger partial charge >= 0.3 is 39.5 Å². The fourth-order valence-electron chi connectivity index (χ4n) is 11.7. The van der Waals surface area contributed by atoms with E-state index in [2.05, 4.69) is 55.4 Å². The maximum Gasteiger partial charge on any atom is 0.472 e. The van der Waals surface area contributed by atoms with Gasteiger partial charge in [-0.2, -0.15) is 0 Å². The van der Waals surface area contributed by atoms with Gasteiger partial charge in [0.05, 0.1) is 26.4 Å². The average molecular weight is 1410 g/mol. The number of rotatable bonds is 74. The number of esters is 4. The van der Waals surface area contributed by atoms with Crippen LogP contribution in [-0.4, -0.2) is 96.7 Å². The van der Waals surface area contributed by atoms with Crippen molar-refractivity contribution in [2.24, 2.45) is 23.7 Å². The molecule has 0 aliphatic carbocycles. The minimum atomic E-state index is -4.96. The number of unbranched alkanes of at least 4 members (excludes halogenated alkanes) is 39. The molecule has 0 bridgehead atoms. The molecule has 0 aromatic rings. The Morgan fingerprint density at radius 3 is 0.740 bits per heavy atom. The number of carbonyl (C=O) groups is 4. The van der Waals surface area contributed by atoms with E-state index in [1.807, 2.05) is 0 Å². The normalized spacial score (nSPS) is 14.4. The summed E-state index contributed by atoms with van der Waals surface area (Å²) in [6, 6.07) is 0. The van der Waals surface area contributed by atoms with Gasteiger partial charge in [-0.05, 0) is 49.4 Å². The number of ether oxygens (including phenoxy) is 4. The van der Waals surface area contributed by atoms with Crippen molar-refractivity contribution in [1.82, 2.24) is 0 Å². The molecule has 0 heterocycles. The zero-order valence-corrected chi connectivity index (χ0v) is 64.8. The number of hydrogen-bond acceptors (Lipinski definition) is 15. The third-order valence-electron chi connectivity index (χ3n) is 18.2. The Morgan fingerprint density at radius 1 is 0.292 bits per heavy atom. The molecule has 19 heteroatoms. The van der Waals surface area contributed by atoms with Crippen LogP contribution < -0.4 is 0 Å². The Kier molecular flexibility index (Phi) is 65.0. The van der Waals surface area contributed by atoms with Gasteiger partial charge in [0.2, 0.25) is 0 Å². The standard InChI is InChI=1S/C77H150O17P2/c1-9-70(8)56-48-40-32-24-19-21-27-35-44-52-60-77(82)93-72(63-87-74(79)57-49-41-33-25-17-15-13-11-10-12-14-16-22-29-37-45-53-67(2)3)65-91-95(83,84)89-61-71(78)62-90-96(85,86)92-66-73(64-88-75(80)58-50-42-36-28-31-39-47-55-69(6)7)94-76(81)59-51-43-34-26-20-18-23-30-38-46-54-68(4)5/h67-73,78H,9-66H2,1-8H3,(H,83,84)(H,85,86)/t70?,71?,72-,73-/m1/s1. The molecular formula is C77H150O17P2. The molecule has 96 heavy (non-hydrogen) atoms. The Hall–Kier alpha value is -1.94. The predicted molar refractivity (Wildman–Crippen MR) is 391 cm³/mol. The molecule has 0 aliphatic heterocycles. The van der Waals surface area contributed by atoms with Crippen molar-refractivity contribution in [3.05, 3.63) is 0 Å². The zero-order chi connectivity index (χ0) is 71.0. The maximum absolute atomic E-state index is 13.1. The molecule has 0 rings (SSSR count). The van der Waals surface area contributed by atoms with Gasteiger partial charge in [-0.15, -0.1) is 0 Å². The summed E-state index contributed by atoms with van der Waals surface area (Å²) < 4.78 is 68.5. The molecule has 570 valence electrons. The molecule has 0 aliphatic rings. The van der Waals surface area contributed by atoms with Crippen LogP contribution in [0.1, 0.15) is 389 Å². The molecule has 4 unspecified atom stereocenters. The fraction of sp³-hybridized carbons (Fsp3) is 0.948. The number of aliphatic hydroxyl groups is 1. The smallest absolute Gasteiger partial charge is 0.462 e. The van der Waals surface area contributed by atoms with Gasteiger partial charge in [0, 0.05) is 25.7 Å². The summed E-state index contributed by atoms with van der Waals surface area (Å²) in [5, 5.41) is 10.6. The Balaban J connectivity index is 5.23. The summed E-state index contributed by atoms with van der Waals surface area (Å²) in [6.07, 6.45) is 51.4. The molecule has 0 aromatic carbocycles. The number of hydrogen-bond donors (Lipinski definition) is 3. The molecule has 0 spiro atoms. The Morgan fingerprint density at radius 2 is 0.500 bits per heavy atom. The van der Waals surface area contributed by atoms with Crippen LogP contribution in [0.15, 0.2) is 0 Å². The first-order valence-electron chi connectivity index (χ1n) is 39.7. The lowest BCUT2D eigenvalue weighted by Crippen LogP contribution is -2.30. The summed E-state index contributed by atoms with van der Waals surface area (Å²) in [7, 11) is -9.91. The van der Waals surface area contributed by atoms with Gasteiger partial charge in [-0.3, -0.25) is 37.3 Å². The van der Waals surface area contributed by atoms with Gasteiger partial charge in [0.15, 0.2) is 12.2 Å². The first kappa shape index (κ1) is 94.1. The second kappa shape index (κ2) is 66.3. The first-order valence-corrected chi connectivity index (χ1v) is 42.7. The highest BCUT2D eigenvalue weighted by Crippen LogP contribution is 2.45. The molecule has 17 nitrogen and oxygen atoms in total. The Bertz CT molecular complexity index is 1890. The Labute approximate surface area is 588 Å². The van der Waals surface area contributed by atoms with Crippen LogP contribution >= 0.6 is 15.6 Å². The van der Waals surface area contributed by atoms with Crippen molar-refractivity contribution in [3.63, 3.8) is 0 Å². The van der Waals surface area contributed by atoms with Crippen LogP contribution in [0.25, 0.3) is 0 Å². The average Bonchev–Trinajstić information content (AvgIpc) is 1.13. The van der Waals surface area contributed by atoms with Gasteiger partial charge in [0.25, 0.3) is 0 Å². The highest BCUT2D eigenvalue weighted by molar-refractivity contribution is 7.47. The molecule has 0 radical (unpaired) electrons. The van der Waals surface area contributed by atoms with Crippen molar-refractivity contribution < 1.29 is 80.2 Å². The lowest BCUT2D eigenvalue weighted by atomic mass is 9.99. The van der Waals surface area contributed by atoms with E-state index in [0.717, 1.165) is 114 Å². The number of phosphoric acid groups is 2. The molecule has 0 aromatic heterocycles. The first-order chi connectivity index (χ1) is 46.1. The second-order valence-electron chi connectivity index (χ2n) is 29.4. The van der Waals surface area contributed by atoms with Gasteiger partial charge in [0.1, 0.15) is 19.3 Å². The van der Waals surface area contributed by atoms with Gasteiger partial charge in [-0.1, -0.05) is 338 Å². The fourth-order valence-corrected chi connectivity index (χ4v) is 13.3. The van der Waals surface area contributed by atoms with E-state index in [1.165, 1.54) is 186 Å². The van der Waals surface area contributed by atoms with E-state index < -0.39 is 97.5 Å². The number of carbonyl (C=O) groups excluding carboxylic acids is 4. The van der Waals surface area contributed by atoms with Gasteiger partial charge < -0.3 is 33.8 Å². The van der Waals surface area contributed by atoms with E-state index in [9.17, 15) is 43.2 Å². The van der Waals surface area contributed by atoms with Crippen LogP contribution in [0, 0.1) is 23.7 Å². The van der Waals surface area contributed by atoms with Crippen LogP contribution in [0.3, 0.4) is 0 Å². The van der Waals surface area contributed by atoms with Gasteiger partial charge in [-0.25, -0.2) is 9.13 Å². The van der Waals surface area contributed by atoms with E-state index in [1.54, 1.807) is 0 Å². The third-order valence-corrected chi connectivity index (χ3v) is 20.1. The highest BCUT2D eigenvalue weighted by Gasteiger charge is 2.30. The largest absolute Gasteiger partial charge is 0.472 e. The summed E-state index contributed by atoms with van der Waals surface area (Å²) >= 11 is 0. The SMILES string of the molecule is CCC(C)CCCCCCCCCCCCC(=O)O[C@H](COC(=O)CCCCCCCCCCCCCCCCCCC(C)C)COP(=O)(O)OCC(O)COP(=O)(O)OC[C@@H](COC(=O)CCCCCCCCCC(C)C)OC(=O)CCCCCCCCCCCCC(C)C. The van der Waals surface area contributed by atoms with Crippen LogP contribution in [0.2, 0.25) is 0 Å². The lowest BCUT2D eigenvalue weighted by molar-refractivity contribution is -0.161. The quantitative estimate of drug-likeness (QED) is 0.0222. The summed E-state index contributed by atoms with van der Waals surface area (Å²) in [4.78, 5) is 72.8. The molecule has 0 saturated carbocycles. The molecule has 0 amide bonds. The van der Waals surface area contributed by atoms with Crippen molar-refractivity contribution in [3.8, 4) is 0 Å². The van der Waals surface area contributed by atoms with Crippen molar-refractivity contribution in [2.75, 3.05) is 39.6 Å². The van der Waals surface area contributed by atoms with Crippen molar-refractivity contribution in [1.29, 1.82) is 0 Å². The summed E-state index contributed by atoms with van der Waals surface area (Å²) in [6.45, 7) is 14.2. The minimum absolute atomic E-state index is 0.105. The lowest BCUT2D eigenvalue weighted by Gasteiger charge is -2.21. The van der Waals surface area contributed by atoms with Crippen LogP contribution in [0.5, 0.6) is 0 Å². The van der Waals surface area contributed by atoms with E-state index in [-0.39, 0.29) is 25.7 Å². The number of phosphoric ester groups is 2.